The van der Waals surface area contributed by atoms with Gasteiger partial charge in [-0.2, -0.15) is 0 Å². The topological polar surface area (TPSA) is 81.3 Å². The molecule has 2 N–H and O–H groups in total. The van der Waals surface area contributed by atoms with Gasteiger partial charge in [0, 0.05) is 31.9 Å². The molecule has 6 nitrogen and oxygen atoms in total. The molecule has 0 radical (unpaired) electrons. The average Bonchev–Trinajstić information content (AvgIpc) is 2.43. The third-order valence-corrected chi connectivity index (χ3v) is 3.09. The van der Waals surface area contributed by atoms with Crippen molar-refractivity contribution in [3.05, 3.63) is 40.5 Å². The number of benzene rings is 1. The zero-order valence-corrected chi connectivity index (χ0v) is 12.6. The molecular formula is C13H13BrN4O2. The molecule has 0 aliphatic carbocycles. The van der Waals surface area contributed by atoms with Crippen LogP contribution in [0.1, 0.15) is 10.5 Å². The van der Waals surface area contributed by atoms with E-state index in [1.165, 1.54) is 4.90 Å². The Balaban J connectivity index is 2.19. The number of ether oxygens (including phenoxy) is 1. The number of aromatic nitrogens is 2. The molecule has 104 valence electrons. The van der Waals surface area contributed by atoms with Crippen molar-refractivity contribution in [3.63, 3.8) is 0 Å². The molecule has 0 saturated carbocycles. The Bertz CT molecular complexity index is 629. The van der Waals surface area contributed by atoms with Gasteiger partial charge in [-0.1, -0.05) is 0 Å². The van der Waals surface area contributed by atoms with Crippen molar-refractivity contribution in [2.45, 2.75) is 0 Å². The number of hydrogen-bond acceptors (Lipinski definition) is 5. The quantitative estimate of drug-likeness (QED) is 0.870. The lowest BCUT2D eigenvalue weighted by Gasteiger charge is -2.10. The Morgan fingerprint density at radius 2 is 2.00 bits per heavy atom. The molecule has 0 aliphatic rings. The third-order valence-electron chi connectivity index (χ3n) is 2.44. The summed E-state index contributed by atoms with van der Waals surface area (Å²) in [4.78, 5) is 13.1. The number of anilines is 1. The van der Waals surface area contributed by atoms with Crippen LogP contribution in [-0.2, 0) is 0 Å². The van der Waals surface area contributed by atoms with E-state index in [0.717, 1.165) is 4.47 Å². The number of nitrogen functional groups attached to an aromatic ring is 1. The Morgan fingerprint density at radius 1 is 1.25 bits per heavy atom. The van der Waals surface area contributed by atoms with Gasteiger partial charge in [-0.15, -0.1) is 10.2 Å². The van der Waals surface area contributed by atoms with Crippen molar-refractivity contribution in [1.82, 2.24) is 15.1 Å². The van der Waals surface area contributed by atoms with Crippen LogP contribution >= 0.6 is 15.9 Å². The summed E-state index contributed by atoms with van der Waals surface area (Å²) in [6.07, 6.45) is 0. The fourth-order valence-electron chi connectivity index (χ4n) is 1.43. The number of rotatable bonds is 3. The Kier molecular flexibility index (Phi) is 4.19. The maximum absolute atomic E-state index is 11.7. The van der Waals surface area contributed by atoms with Crippen LogP contribution in [0.3, 0.4) is 0 Å². The number of carbonyl (C=O) groups excluding carboxylic acids is 1. The first-order valence-electron chi connectivity index (χ1n) is 5.75. The van der Waals surface area contributed by atoms with Gasteiger partial charge in [0.15, 0.2) is 5.69 Å². The summed E-state index contributed by atoms with van der Waals surface area (Å²) < 4.78 is 6.31. The SMILES string of the molecule is CN(C)C(=O)c1ccc(Oc2cc(N)ccc2Br)nn1. The van der Waals surface area contributed by atoms with Gasteiger partial charge in [0.2, 0.25) is 5.88 Å². The van der Waals surface area contributed by atoms with Crippen molar-refractivity contribution < 1.29 is 9.53 Å². The molecule has 0 bridgehead atoms. The minimum Gasteiger partial charge on any atom is -0.436 e. The van der Waals surface area contributed by atoms with Gasteiger partial charge >= 0.3 is 0 Å². The van der Waals surface area contributed by atoms with Crippen molar-refractivity contribution in [3.8, 4) is 11.6 Å². The predicted molar refractivity (Wildman–Crippen MR) is 78.7 cm³/mol. The number of nitrogens with zero attached hydrogens (tertiary/aromatic N) is 3. The van der Waals surface area contributed by atoms with E-state index in [1.54, 1.807) is 44.4 Å². The maximum Gasteiger partial charge on any atom is 0.273 e. The summed E-state index contributed by atoms with van der Waals surface area (Å²) in [5.74, 6) is 0.603. The van der Waals surface area contributed by atoms with Gasteiger partial charge in [0.1, 0.15) is 5.75 Å². The minimum absolute atomic E-state index is 0.214. The van der Waals surface area contributed by atoms with Crippen LogP contribution in [0, 0.1) is 0 Å². The largest absolute Gasteiger partial charge is 0.436 e. The van der Waals surface area contributed by atoms with E-state index in [9.17, 15) is 4.79 Å². The summed E-state index contributed by atoms with van der Waals surface area (Å²) in [7, 11) is 3.30. The number of carbonyl (C=O) groups is 1. The molecule has 7 heteroatoms. The molecule has 1 aromatic heterocycles. The van der Waals surface area contributed by atoms with Crippen molar-refractivity contribution >= 4 is 27.5 Å². The van der Waals surface area contributed by atoms with E-state index in [-0.39, 0.29) is 17.5 Å². The first kappa shape index (κ1) is 14.3. The first-order chi connectivity index (χ1) is 9.47. The molecule has 2 rings (SSSR count). The second kappa shape index (κ2) is 5.87. The second-order valence-electron chi connectivity index (χ2n) is 4.25. The van der Waals surface area contributed by atoms with Crippen molar-refractivity contribution in [1.29, 1.82) is 0 Å². The molecule has 0 unspecified atom stereocenters. The number of amides is 1. The van der Waals surface area contributed by atoms with Crippen LogP contribution in [0.25, 0.3) is 0 Å². The molecule has 0 aliphatic heterocycles. The second-order valence-corrected chi connectivity index (χ2v) is 5.10. The van der Waals surface area contributed by atoms with Crippen LogP contribution < -0.4 is 10.5 Å². The van der Waals surface area contributed by atoms with Gasteiger partial charge < -0.3 is 15.4 Å². The fraction of sp³-hybridized carbons (Fsp3) is 0.154. The lowest BCUT2D eigenvalue weighted by atomic mass is 10.3. The minimum atomic E-state index is -0.214. The Labute approximate surface area is 124 Å². The standard InChI is InChI=1S/C13H13BrN4O2/c1-18(2)13(19)10-5-6-12(17-16-10)20-11-7-8(15)3-4-9(11)14/h3-7H,15H2,1-2H3. The van der Waals surface area contributed by atoms with Gasteiger partial charge in [-0.3, -0.25) is 4.79 Å². The van der Waals surface area contributed by atoms with Gasteiger partial charge in [-0.25, -0.2) is 0 Å². The third kappa shape index (κ3) is 3.24. The van der Waals surface area contributed by atoms with Gasteiger partial charge in [0.05, 0.1) is 4.47 Å². The fourth-order valence-corrected chi connectivity index (χ4v) is 1.76. The average molecular weight is 337 g/mol. The van der Waals surface area contributed by atoms with E-state index in [2.05, 4.69) is 26.1 Å². The zero-order valence-electron chi connectivity index (χ0n) is 11.0. The van der Waals surface area contributed by atoms with Crippen LogP contribution in [0.2, 0.25) is 0 Å². The molecule has 0 fully saturated rings. The molecule has 1 heterocycles. The number of hydrogen-bond donors (Lipinski definition) is 1. The first-order valence-corrected chi connectivity index (χ1v) is 6.55. The number of nitrogens with two attached hydrogens (primary N) is 1. The van der Waals surface area contributed by atoms with E-state index < -0.39 is 0 Å². The smallest absolute Gasteiger partial charge is 0.273 e. The molecule has 0 saturated heterocycles. The van der Waals surface area contributed by atoms with E-state index >= 15 is 0 Å². The highest BCUT2D eigenvalue weighted by Gasteiger charge is 2.11. The molecule has 1 aromatic carbocycles. The molecule has 0 atom stereocenters. The van der Waals surface area contributed by atoms with Crippen molar-refractivity contribution in [2.75, 3.05) is 19.8 Å². The lowest BCUT2D eigenvalue weighted by molar-refractivity contribution is 0.0820. The van der Waals surface area contributed by atoms with Gasteiger partial charge in [-0.05, 0) is 34.1 Å². The maximum atomic E-state index is 11.7. The molecule has 1 amide bonds. The highest BCUT2D eigenvalue weighted by atomic mass is 79.9. The molecule has 0 spiro atoms. The van der Waals surface area contributed by atoms with Crippen LogP contribution in [0.4, 0.5) is 5.69 Å². The highest BCUT2D eigenvalue weighted by molar-refractivity contribution is 9.10. The zero-order chi connectivity index (χ0) is 14.7. The van der Waals surface area contributed by atoms with Crippen LogP contribution in [0.15, 0.2) is 34.8 Å². The van der Waals surface area contributed by atoms with Gasteiger partial charge in [0.25, 0.3) is 5.91 Å². The lowest BCUT2D eigenvalue weighted by Crippen LogP contribution is -2.23. The summed E-state index contributed by atoms with van der Waals surface area (Å²) in [6, 6.07) is 8.35. The number of halogens is 1. The molecule has 20 heavy (non-hydrogen) atoms. The molecule has 2 aromatic rings. The van der Waals surface area contributed by atoms with Crippen LogP contribution in [-0.4, -0.2) is 35.1 Å². The normalized spacial score (nSPS) is 10.2. The van der Waals surface area contributed by atoms with E-state index in [4.69, 9.17) is 10.5 Å². The van der Waals surface area contributed by atoms with E-state index in [1.807, 2.05) is 0 Å². The Hall–Kier alpha value is -2.15. The monoisotopic (exact) mass is 336 g/mol. The summed E-state index contributed by atoms with van der Waals surface area (Å²) in [5, 5.41) is 7.70. The highest BCUT2D eigenvalue weighted by Crippen LogP contribution is 2.30. The summed E-state index contributed by atoms with van der Waals surface area (Å²) in [5.41, 5.74) is 6.53. The van der Waals surface area contributed by atoms with Crippen molar-refractivity contribution in [2.24, 2.45) is 0 Å². The summed E-state index contributed by atoms with van der Waals surface area (Å²) >= 11 is 3.36. The predicted octanol–water partition coefficient (Wildman–Crippen LogP) is 2.32. The van der Waals surface area contributed by atoms with E-state index in [0.29, 0.717) is 11.4 Å². The molecular weight excluding hydrogens is 324 g/mol. The van der Waals surface area contributed by atoms with Crippen LogP contribution in [0.5, 0.6) is 11.6 Å². The summed E-state index contributed by atoms with van der Waals surface area (Å²) in [6.45, 7) is 0. The Morgan fingerprint density at radius 3 is 2.60 bits per heavy atom.